The van der Waals surface area contributed by atoms with Gasteiger partial charge in [-0.3, -0.25) is 0 Å². The Bertz CT molecular complexity index is 402. The summed E-state index contributed by atoms with van der Waals surface area (Å²) in [6.45, 7) is 1.28. The minimum absolute atomic E-state index is 0.166. The molecular weight excluding hydrogens is 188 g/mol. The van der Waals surface area contributed by atoms with Gasteiger partial charge in [0.25, 0.3) is 5.82 Å². The lowest BCUT2D eigenvalue weighted by molar-refractivity contribution is 0.0680. The number of ether oxygens (including phenoxy) is 1. The molecule has 74 valence electrons. The third kappa shape index (κ3) is 0.859. The zero-order valence-electron chi connectivity index (χ0n) is 7.27. The average Bonchev–Trinajstić information content (AvgIpc) is 2.63. The molecule has 2 atom stereocenters. The van der Waals surface area contributed by atoms with Gasteiger partial charge >= 0.3 is 5.97 Å². The molecule has 2 aliphatic rings. The average molecular weight is 196 g/mol. The van der Waals surface area contributed by atoms with Gasteiger partial charge in [0.05, 0.1) is 18.6 Å². The van der Waals surface area contributed by atoms with E-state index in [9.17, 15) is 4.79 Å². The molecule has 2 heterocycles. The van der Waals surface area contributed by atoms with E-state index >= 15 is 0 Å². The van der Waals surface area contributed by atoms with Crippen LogP contribution < -0.4 is 0 Å². The molecule has 0 bridgehead atoms. The fraction of sp³-hybridized carbons (Fsp3) is 0.625. The van der Waals surface area contributed by atoms with E-state index in [4.69, 9.17) is 14.4 Å². The lowest BCUT2D eigenvalue weighted by atomic mass is 10.1. The van der Waals surface area contributed by atoms with Gasteiger partial charge in [0.2, 0.25) is 5.89 Å². The normalized spacial score (nSPS) is 34.1. The Morgan fingerprint density at radius 3 is 3.00 bits per heavy atom. The third-order valence-corrected chi connectivity index (χ3v) is 2.95. The second-order valence-corrected chi connectivity index (χ2v) is 3.80. The maximum absolute atomic E-state index is 10.5. The van der Waals surface area contributed by atoms with E-state index in [2.05, 4.69) is 10.1 Å². The van der Waals surface area contributed by atoms with Crippen molar-refractivity contribution in [2.75, 3.05) is 13.2 Å². The first-order chi connectivity index (χ1) is 6.72. The standard InChI is InChI=1S/C8H8N2O4/c11-6(12)5-9-7(14-10-5)8-1-4(8)2-13-3-8/h4H,1-3H2,(H,11,12). The van der Waals surface area contributed by atoms with Crippen LogP contribution in [-0.2, 0) is 10.2 Å². The van der Waals surface area contributed by atoms with Crippen molar-refractivity contribution in [2.45, 2.75) is 11.8 Å². The molecule has 0 spiro atoms. The highest BCUT2D eigenvalue weighted by atomic mass is 16.5. The lowest BCUT2D eigenvalue weighted by Crippen LogP contribution is -2.12. The van der Waals surface area contributed by atoms with Crippen molar-refractivity contribution in [1.82, 2.24) is 10.1 Å². The Labute approximate surface area is 78.9 Å². The van der Waals surface area contributed by atoms with Crippen molar-refractivity contribution in [1.29, 1.82) is 0 Å². The fourth-order valence-corrected chi connectivity index (χ4v) is 2.00. The highest BCUT2D eigenvalue weighted by Crippen LogP contribution is 2.57. The smallest absolute Gasteiger partial charge is 0.377 e. The molecule has 1 aliphatic carbocycles. The van der Waals surface area contributed by atoms with Crippen LogP contribution in [0.1, 0.15) is 22.9 Å². The highest BCUT2D eigenvalue weighted by Gasteiger charge is 2.63. The maximum Gasteiger partial charge on any atom is 0.377 e. The Kier molecular flexibility index (Phi) is 1.32. The molecule has 2 unspecified atom stereocenters. The topological polar surface area (TPSA) is 85.5 Å². The molecule has 0 amide bonds. The number of rotatable bonds is 2. The highest BCUT2D eigenvalue weighted by molar-refractivity contribution is 5.82. The van der Waals surface area contributed by atoms with Gasteiger partial charge in [0, 0.05) is 5.92 Å². The second kappa shape index (κ2) is 2.33. The second-order valence-electron chi connectivity index (χ2n) is 3.80. The summed E-state index contributed by atoms with van der Waals surface area (Å²) in [6, 6.07) is 0. The van der Waals surface area contributed by atoms with Gasteiger partial charge in [-0.15, -0.1) is 0 Å². The predicted molar refractivity (Wildman–Crippen MR) is 41.9 cm³/mol. The molecule has 1 aliphatic heterocycles. The van der Waals surface area contributed by atoms with Crippen LogP contribution in [0.3, 0.4) is 0 Å². The van der Waals surface area contributed by atoms with Crippen LogP contribution in [-0.4, -0.2) is 34.4 Å². The molecule has 1 saturated heterocycles. The van der Waals surface area contributed by atoms with Crippen molar-refractivity contribution in [3.05, 3.63) is 11.7 Å². The number of aromatic carboxylic acids is 1. The number of carbonyl (C=O) groups is 1. The van der Waals surface area contributed by atoms with E-state index in [1.165, 1.54) is 0 Å². The van der Waals surface area contributed by atoms with Crippen molar-refractivity contribution in [3.63, 3.8) is 0 Å². The van der Waals surface area contributed by atoms with Crippen molar-refractivity contribution >= 4 is 5.97 Å². The molecule has 1 aromatic rings. The van der Waals surface area contributed by atoms with E-state index in [1.807, 2.05) is 0 Å². The molecule has 1 N–H and O–H groups in total. The SMILES string of the molecule is O=C(O)c1noc(C23COCC2C3)n1. The summed E-state index contributed by atoms with van der Waals surface area (Å²) in [4.78, 5) is 14.4. The first-order valence-electron chi connectivity index (χ1n) is 4.37. The first-order valence-corrected chi connectivity index (χ1v) is 4.37. The number of carboxylic acids is 1. The summed E-state index contributed by atoms with van der Waals surface area (Å²) >= 11 is 0. The van der Waals surface area contributed by atoms with Crippen LogP contribution in [0.25, 0.3) is 0 Å². The van der Waals surface area contributed by atoms with Crippen molar-refractivity contribution in [3.8, 4) is 0 Å². The summed E-state index contributed by atoms with van der Waals surface area (Å²) in [7, 11) is 0. The molecule has 14 heavy (non-hydrogen) atoms. The molecule has 1 saturated carbocycles. The molecule has 1 aromatic heterocycles. The fourth-order valence-electron chi connectivity index (χ4n) is 2.00. The number of hydrogen-bond donors (Lipinski definition) is 1. The van der Waals surface area contributed by atoms with E-state index in [1.54, 1.807) is 0 Å². The van der Waals surface area contributed by atoms with Crippen molar-refractivity contribution < 1.29 is 19.2 Å². The van der Waals surface area contributed by atoms with Gasteiger partial charge in [-0.1, -0.05) is 0 Å². The number of hydrogen-bond acceptors (Lipinski definition) is 5. The molecule has 6 heteroatoms. The van der Waals surface area contributed by atoms with Crippen LogP contribution in [0.2, 0.25) is 0 Å². The first kappa shape index (κ1) is 7.93. The maximum atomic E-state index is 10.5. The number of carboxylic acid groups (broad SMARTS) is 1. The van der Waals surface area contributed by atoms with Crippen LogP contribution in [0.4, 0.5) is 0 Å². The molecule has 0 aromatic carbocycles. The number of aromatic nitrogens is 2. The van der Waals surface area contributed by atoms with Crippen LogP contribution in [0.15, 0.2) is 4.52 Å². The Balaban J connectivity index is 1.94. The van der Waals surface area contributed by atoms with E-state index < -0.39 is 5.97 Å². The van der Waals surface area contributed by atoms with Gasteiger partial charge in [0.15, 0.2) is 0 Å². The molecule has 3 rings (SSSR count). The van der Waals surface area contributed by atoms with E-state index in [0.717, 1.165) is 6.42 Å². The molecule has 2 fully saturated rings. The predicted octanol–water partition coefficient (Wildman–Crippen LogP) is 0.0557. The zero-order chi connectivity index (χ0) is 9.76. The number of nitrogens with zero attached hydrogens (tertiary/aromatic N) is 2. The Hall–Kier alpha value is -1.43. The van der Waals surface area contributed by atoms with Gasteiger partial charge in [-0.25, -0.2) is 4.79 Å². The summed E-state index contributed by atoms with van der Waals surface area (Å²) in [6.07, 6.45) is 0.967. The minimum atomic E-state index is -1.16. The number of fused-ring (bicyclic) bond motifs is 1. The summed E-state index contributed by atoms with van der Waals surface area (Å²) in [5.41, 5.74) is -0.166. The Morgan fingerprint density at radius 1 is 1.64 bits per heavy atom. The summed E-state index contributed by atoms with van der Waals surface area (Å²) in [5, 5.41) is 12.0. The molecule has 6 nitrogen and oxygen atoms in total. The van der Waals surface area contributed by atoms with Gasteiger partial charge in [0.1, 0.15) is 0 Å². The van der Waals surface area contributed by atoms with Gasteiger partial charge in [-0.05, 0) is 11.6 Å². The third-order valence-electron chi connectivity index (χ3n) is 2.95. The van der Waals surface area contributed by atoms with Crippen LogP contribution in [0.5, 0.6) is 0 Å². The van der Waals surface area contributed by atoms with Crippen LogP contribution in [0, 0.1) is 5.92 Å². The van der Waals surface area contributed by atoms with Crippen LogP contribution >= 0.6 is 0 Å². The lowest BCUT2D eigenvalue weighted by Gasteiger charge is -2.02. The summed E-state index contributed by atoms with van der Waals surface area (Å²) < 4.78 is 10.2. The summed E-state index contributed by atoms with van der Waals surface area (Å²) in [5.74, 6) is -0.582. The van der Waals surface area contributed by atoms with Crippen molar-refractivity contribution in [2.24, 2.45) is 5.92 Å². The largest absolute Gasteiger partial charge is 0.475 e. The van der Waals surface area contributed by atoms with Gasteiger partial charge < -0.3 is 14.4 Å². The quantitative estimate of drug-likeness (QED) is 0.719. The van der Waals surface area contributed by atoms with Gasteiger partial charge in [-0.2, -0.15) is 4.98 Å². The Morgan fingerprint density at radius 2 is 2.50 bits per heavy atom. The van der Waals surface area contributed by atoms with E-state index in [-0.39, 0.29) is 11.2 Å². The zero-order valence-corrected chi connectivity index (χ0v) is 7.27. The minimum Gasteiger partial charge on any atom is -0.475 e. The molecule has 0 radical (unpaired) electrons. The monoisotopic (exact) mass is 196 g/mol. The molecular formula is C8H8N2O4. The van der Waals surface area contributed by atoms with E-state index in [0.29, 0.717) is 25.0 Å².